The molecule has 2 nitrogen and oxygen atoms in total. The van der Waals surface area contributed by atoms with Gasteiger partial charge in [-0.05, 0) is 23.1 Å². The first-order valence-corrected chi connectivity index (χ1v) is 8.16. The molecular weight excluding hydrogens is 296 g/mol. The Bertz CT molecular complexity index is 814. The first-order valence-electron chi connectivity index (χ1n) is 8.16. The third-order valence-electron chi connectivity index (χ3n) is 4.64. The maximum atomic E-state index is 13.2. The zero-order chi connectivity index (χ0) is 17.2. The number of benzene rings is 2. The summed E-state index contributed by atoms with van der Waals surface area (Å²) in [5, 5.41) is 0. The lowest BCUT2D eigenvalue weighted by Gasteiger charge is -2.27. The van der Waals surface area contributed by atoms with Crippen LogP contribution < -0.4 is 0 Å². The van der Waals surface area contributed by atoms with Crippen molar-refractivity contribution in [1.29, 1.82) is 0 Å². The number of ketones is 2. The van der Waals surface area contributed by atoms with E-state index in [-0.39, 0.29) is 17.5 Å². The number of hydrogen-bond donors (Lipinski definition) is 0. The van der Waals surface area contributed by atoms with Gasteiger partial charge in [-0.3, -0.25) is 9.59 Å². The van der Waals surface area contributed by atoms with Gasteiger partial charge < -0.3 is 0 Å². The van der Waals surface area contributed by atoms with Crippen LogP contribution in [0.1, 0.15) is 25.0 Å². The molecule has 0 radical (unpaired) electrons. The lowest BCUT2D eigenvalue weighted by atomic mass is 9.72. The number of carbonyl (C=O) groups is 2. The fourth-order valence-electron chi connectivity index (χ4n) is 3.17. The molecule has 120 valence electrons. The van der Waals surface area contributed by atoms with Crippen LogP contribution in [-0.4, -0.2) is 11.6 Å². The molecule has 2 aromatic rings. The molecule has 0 amide bonds. The van der Waals surface area contributed by atoms with Crippen LogP contribution in [-0.2, 0) is 9.59 Å². The van der Waals surface area contributed by atoms with Crippen molar-refractivity contribution in [2.75, 3.05) is 0 Å². The van der Waals surface area contributed by atoms with E-state index in [1.54, 1.807) is 6.08 Å². The summed E-state index contributed by atoms with van der Waals surface area (Å²) in [5.41, 5.74) is 1.17. The Hall–Kier alpha value is -2.74. The molecule has 0 spiro atoms. The highest BCUT2D eigenvalue weighted by Crippen LogP contribution is 2.43. The molecule has 0 bridgehead atoms. The summed E-state index contributed by atoms with van der Waals surface area (Å²) in [5.74, 6) is -0.357. The second-order valence-corrected chi connectivity index (χ2v) is 6.39. The third kappa shape index (κ3) is 2.65. The van der Waals surface area contributed by atoms with Gasteiger partial charge in [0.2, 0.25) is 0 Å². The molecule has 0 saturated heterocycles. The lowest BCUT2D eigenvalue weighted by molar-refractivity contribution is -0.132. The van der Waals surface area contributed by atoms with E-state index in [2.05, 4.69) is 0 Å². The zero-order valence-corrected chi connectivity index (χ0v) is 13.9. The highest BCUT2D eigenvalue weighted by atomic mass is 16.2. The Kier molecular flexibility index (Phi) is 4.30. The van der Waals surface area contributed by atoms with Gasteiger partial charge in [-0.2, -0.15) is 0 Å². The maximum absolute atomic E-state index is 13.2. The molecular formula is C22H20O2. The average molecular weight is 316 g/mol. The van der Waals surface area contributed by atoms with Gasteiger partial charge in [0.25, 0.3) is 0 Å². The van der Waals surface area contributed by atoms with E-state index < -0.39 is 5.41 Å². The third-order valence-corrected chi connectivity index (χ3v) is 4.64. The smallest absolute Gasteiger partial charge is 0.181 e. The largest absolute Gasteiger partial charge is 0.293 e. The molecule has 1 atom stereocenters. The van der Waals surface area contributed by atoms with Gasteiger partial charge >= 0.3 is 0 Å². The second kappa shape index (κ2) is 6.40. The Labute approximate surface area is 142 Å². The number of carbonyl (C=O) groups excluding carboxylic acids is 2. The summed E-state index contributed by atoms with van der Waals surface area (Å²) < 4.78 is 0. The van der Waals surface area contributed by atoms with E-state index in [4.69, 9.17) is 0 Å². The molecule has 0 fully saturated rings. The molecule has 1 aliphatic carbocycles. The van der Waals surface area contributed by atoms with Crippen LogP contribution in [0.2, 0.25) is 0 Å². The van der Waals surface area contributed by atoms with Crippen LogP contribution >= 0.6 is 0 Å². The van der Waals surface area contributed by atoms with Crippen LogP contribution in [0.15, 0.2) is 72.8 Å². The van der Waals surface area contributed by atoms with Gasteiger partial charge in [0.15, 0.2) is 11.6 Å². The Morgan fingerprint density at radius 1 is 0.875 bits per heavy atom. The minimum absolute atomic E-state index is 0.110. The van der Waals surface area contributed by atoms with E-state index in [9.17, 15) is 9.59 Å². The van der Waals surface area contributed by atoms with Crippen LogP contribution in [0.3, 0.4) is 0 Å². The summed E-state index contributed by atoms with van der Waals surface area (Å²) in [4.78, 5) is 26.0. The summed E-state index contributed by atoms with van der Waals surface area (Å²) in [6, 6.07) is 19.1. The van der Waals surface area contributed by atoms with Gasteiger partial charge in [-0.1, -0.05) is 86.7 Å². The zero-order valence-electron chi connectivity index (χ0n) is 13.9. The molecule has 1 unspecified atom stereocenters. The number of rotatable bonds is 4. The lowest BCUT2D eigenvalue weighted by Crippen LogP contribution is -2.37. The summed E-state index contributed by atoms with van der Waals surface area (Å²) in [6.07, 6.45) is 5.16. The molecule has 0 saturated carbocycles. The Morgan fingerprint density at radius 2 is 1.46 bits per heavy atom. The summed E-state index contributed by atoms with van der Waals surface area (Å²) in [7, 11) is 0. The summed E-state index contributed by atoms with van der Waals surface area (Å²) in [6.45, 7) is 3.85. The maximum Gasteiger partial charge on any atom is 0.181 e. The first kappa shape index (κ1) is 16.1. The molecule has 0 aliphatic heterocycles. The summed E-state index contributed by atoms with van der Waals surface area (Å²) >= 11 is 0. The monoisotopic (exact) mass is 316 g/mol. The minimum atomic E-state index is -1.11. The van der Waals surface area contributed by atoms with Gasteiger partial charge in [-0.15, -0.1) is 0 Å². The average Bonchev–Trinajstić information content (AvgIpc) is 2.86. The fourth-order valence-corrected chi connectivity index (χ4v) is 3.17. The predicted octanol–water partition coefficient (Wildman–Crippen LogP) is 4.58. The molecule has 2 heteroatoms. The van der Waals surface area contributed by atoms with Gasteiger partial charge in [0.05, 0.1) is 0 Å². The normalized spacial score (nSPS) is 20.9. The molecule has 0 aromatic heterocycles. The highest BCUT2D eigenvalue weighted by Gasteiger charge is 2.50. The second-order valence-electron chi connectivity index (χ2n) is 6.39. The van der Waals surface area contributed by atoms with E-state index >= 15 is 0 Å². The minimum Gasteiger partial charge on any atom is -0.293 e. The van der Waals surface area contributed by atoms with Crippen molar-refractivity contribution in [2.45, 2.75) is 13.8 Å². The van der Waals surface area contributed by atoms with E-state index in [0.717, 1.165) is 11.1 Å². The van der Waals surface area contributed by atoms with Gasteiger partial charge in [0, 0.05) is 5.57 Å². The first-order chi connectivity index (χ1) is 11.6. The van der Waals surface area contributed by atoms with E-state index in [1.165, 1.54) is 6.08 Å². The van der Waals surface area contributed by atoms with Crippen molar-refractivity contribution in [3.05, 3.63) is 83.9 Å². The quantitative estimate of drug-likeness (QED) is 0.774. The SMILES string of the molecule is CC(C)C1(/C=C/c2ccccc2)C(=O)C=C(c2ccccc2)C1=O. The molecule has 3 rings (SSSR count). The van der Waals surface area contributed by atoms with Crippen LogP contribution in [0.5, 0.6) is 0 Å². The molecule has 0 N–H and O–H groups in total. The predicted molar refractivity (Wildman–Crippen MR) is 97.2 cm³/mol. The standard InChI is InChI=1S/C22H20O2/c1-16(2)22(14-13-17-9-5-3-6-10-17)20(23)15-19(21(22)24)18-11-7-4-8-12-18/h3-16H,1-2H3/b14-13+. The molecule has 2 aromatic carbocycles. The van der Waals surface area contributed by atoms with Gasteiger partial charge in [0.1, 0.15) is 5.41 Å². The molecule has 24 heavy (non-hydrogen) atoms. The number of allylic oxidation sites excluding steroid dienone is 3. The van der Waals surface area contributed by atoms with E-state index in [1.807, 2.05) is 80.6 Å². The van der Waals surface area contributed by atoms with Crippen molar-refractivity contribution >= 4 is 23.2 Å². The molecule has 0 heterocycles. The van der Waals surface area contributed by atoms with Crippen LogP contribution in [0.4, 0.5) is 0 Å². The molecule has 1 aliphatic rings. The van der Waals surface area contributed by atoms with E-state index in [0.29, 0.717) is 5.57 Å². The van der Waals surface area contributed by atoms with Crippen LogP contribution in [0.25, 0.3) is 11.6 Å². The van der Waals surface area contributed by atoms with Crippen molar-refractivity contribution in [2.24, 2.45) is 11.3 Å². The van der Waals surface area contributed by atoms with Crippen molar-refractivity contribution in [1.82, 2.24) is 0 Å². The number of Topliss-reactive ketones (excluding diaryl/α,β-unsaturated/α-hetero) is 1. The van der Waals surface area contributed by atoms with Crippen LogP contribution in [0, 0.1) is 11.3 Å². The van der Waals surface area contributed by atoms with Gasteiger partial charge in [-0.25, -0.2) is 0 Å². The fraction of sp³-hybridized carbons (Fsp3) is 0.182. The van der Waals surface area contributed by atoms with Crippen molar-refractivity contribution < 1.29 is 9.59 Å². The topological polar surface area (TPSA) is 34.1 Å². The van der Waals surface area contributed by atoms with Crippen molar-refractivity contribution in [3.8, 4) is 0 Å². The highest BCUT2D eigenvalue weighted by molar-refractivity contribution is 6.41. The Morgan fingerprint density at radius 3 is 2.04 bits per heavy atom. The van der Waals surface area contributed by atoms with Crippen molar-refractivity contribution in [3.63, 3.8) is 0 Å². The number of hydrogen-bond acceptors (Lipinski definition) is 2. The Balaban J connectivity index is 2.02.